The number of urea groups is 1. The first-order valence-electron chi connectivity index (χ1n) is 14.0. The third kappa shape index (κ3) is 5.70. The van der Waals surface area contributed by atoms with Crippen molar-refractivity contribution in [1.82, 2.24) is 20.9 Å². The number of hydrogen-bond acceptors (Lipinski definition) is 6. The van der Waals surface area contributed by atoms with E-state index in [1.165, 1.54) is 34.9 Å². The zero-order valence-electron chi connectivity index (χ0n) is 23.0. The van der Waals surface area contributed by atoms with E-state index in [2.05, 4.69) is 22.5 Å². The summed E-state index contributed by atoms with van der Waals surface area (Å²) in [5.41, 5.74) is -0.844. The van der Waals surface area contributed by atoms with Gasteiger partial charge in [0, 0.05) is 30.7 Å². The highest BCUT2D eigenvalue weighted by molar-refractivity contribution is 8.04. The highest BCUT2D eigenvalue weighted by Gasteiger charge is 2.53. The van der Waals surface area contributed by atoms with Crippen LogP contribution in [0.4, 0.5) is 23.7 Å². The number of carbonyl (C=O) groups excluding carboxylic acids is 3. The van der Waals surface area contributed by atoms with Gasteiger partial charge >= 0.3 is 12.2 Å². The standard InChI is InChI=1S/C30H30F3N5O4S/c1-2-23(39)37-14-6-7-17(16-37)35-27(40)26-25-24-22(12-13-34-28(24)43-26)38(29(41)36-25)21-11-10-19(15-20(21)30(31,32)33)42-18-8-4-3-5-9-18/h2-5,8-11,15,17,22,24,28,34H,1,6-7,12-14,16H2,(H,35,40)(H,36,41)/t17-,22?,24?,28?/m1/s1. The van der Waals surface area contributed by atoms with E-state index >= 15 is 0 Å². The Morgan fingerprint density at radius 3 is 2.65 bits per heavy atom. The number of likely N-dealkylation sites (tertiary alicyclic amines) is 1. The maximum Gasteiger partial charge on any atom is 0.418 e. The Hall–Kier alpha value is -3.97. The normalized spacial score (nSPS) is 25.1. The zero-order chi connectivity index (χ0) is 30.3. The summed E-state index contributed by atoms with van der Waals surface area (Å²) in [7, 11) is 0. The Labute approximate surface area is 250 Å². The fourth-order valence-electron chi connectivity index (χ4n) is 6.22. The number of nitrogens with one attached hydrogen (secondary N) is 3. The van der Waals surface area contributed by atoms with E-state index in [1.54, 1.807) is 35.2 Å². The first-order valence-corrected chi connectivity index (χ1v) is 14.9. The molecule has 6 rings (SSSR count). The van der Waals surface area contributed by atoms with Gasteiger partial charge in [0.1, 0.15) is 11.5 Å². The Balaban J connectivity index is 1.27. The summed E-state index contributed by atoms with van der Waals surface area (Å²) in [5.74, 6) is -0.623. The number of carbonyl (C=O) groups is 3. The number of amides is 4. The molecule has 0 saturated carbocycles. The van der Waals surface area contributed by atoms with Crippen LogP contribution in [-0.4, -0.2) is 59.8 Å². The molecule has 4 aliphatic heterocycles. The summed E-state index contributed by atoms with van der Waals surface area (Å²) >= 11 is 1.27. The molecule has 3 unspecified atom stereocenters. The Morgan fingerprint density at radius 2 is 1.91 bits per heavy atom. The minimum absolute atomic E-state index is 0.00471. The second-order valence-electron chi connectivity index (χ2n) is 10.8. The molecule has 3 N–H and O–H groups in total. The average molecular weight is 614 g/mol. The number of anilines is 1. The van der Waals surface area contributed by atoms with E-state index in [0.29, 0.717) is 48.8 Å². The highest BCUT2D eigenvalue weighted by atomic mass is 32.2. The summed E-state index contributed by atoms with van der Waals surface area (Å²) in [5, 5.41) is 8.80. The van der Waals surface area contributed by atoms with Crippen LogP contribution in [0.25, 0.3) is 0 Å². The second kappa shape index (κ2) is 11.6. The SMILES string of the molecule is C=CC(=O)N1CCC[C@@H](NC(=O)C2=C3NC(=O)N(c4ccc(Oc5ccccc5)cc4C(F)(F)F)C4CCNC(S2)C34)C1. The molecule has 2 aromatic rings. The van der Waals surface area contributed by atoms with Gasteiger partial charge in [0.25, 0.3) is 5.91 Å². The van der Waals surface area contributed by atoms with Gasteiger partial charge < -0.3 is 25.6 Å². The van der Waals surface area contributed by atoms with Crippen LogP contribution < -0.4 is 25.6 Å². The van der Waals surface area contributed by atoms with Crippen LogP contribution in [0.1, 0.15) is 24.8 Å². The lowest BCUT2D eigenvalue weighted by atomic mass is 9.86. The second-order valence-corrected chi connectivity index (χ2v) is 12.0. The van der Waals surface area contributed by atoms with Crippen molar-refractivity contribution in [3.8, 4) is 11.5 Å². The Morgan fingerprint density at radius 1 is 1.12 bits per heavy atom. The van der Waals surface area contributed by atoms with Gasteiger partial charge in [-0.15, -0.1) is 0 Å². The molecular weight excluding hydrogens is 583 g/mol. The number of thioether (sulfide) groups is 1. The number of para-hydroxylation sites is 1. The van der Waals surface area contributed by atoms with Gasteiger partial charge in [-0.1, -0.05) is 36.5 Å². The van der Waals surface area contributed by atoms with Crippen LogP contribution in [0.5, 0.6) is 11.5 Å². The zero-order valence-corrected chi connectivity index (χ0v) is 23.8. The van der Waals surface area contributed by atoms with Crippen molar-refractivity contribution in [3.05, 3.63) is 77.4 Å². The third-order valence-corrected chi connectivity index (χ3v) is 9.46. The largest absolute Gasteiger partial charge is 0.457 e. The van der Waals surface area contributed by atoms with E-state index in [4.69, 9.17) is 4.74 Å². The van der Waals surface area contributed by atoms with E-state index < -0.39 is 29.7 Å². The molecule has 0 aliphatic carbocycles. The van der Waals surface area contributed by atoms with E-state index in [1.807, 2.05) is 0 Å². The van der Waals surface area contributed by atoms with Crippen LogP contribution in [0, 0.1) is 5.92 Å². The number of rotatable bonds is 6. The van der Waals surface area contributed by atoms with E-state index in [0.717, 1.165) is 12.5 Å². The number of alkyl halides is 3. The topological polar surface area (TPSA) is 103 Å². The minimum Gasteiger partial charge on any atom is -0.457 e. The highest BCUT2D eigenvalue weighted by Crippen LogP contribution is 2.50. The molecule has 3 saturated heterocycles. The quantitative estimate of drug-likeness (QED) is 0.413. The van der Waals surface area contributed by atoms with E-state index in [-0.39, 0.29) is 34.7 Å². The molecule has 4 atom stereocenters. The fraction of sp³-hybridized carbons (Fsp3) is 0.367. The molecule has 13 heteroatoms. The van der Waals surface area contributed by atoms with Crippen LogP contribution in [0.3, 0.4) is 0 Å². The number of benzene rings is 2. The predicted molar refractivity (Wildman–Crippen MR) is 155 cm³/mol. The molecule has 0 bridgehead atoms. The van der Waals surface area contributed by atoms with Gasteiger partial charge in [-0.05, 0) is 62.2 Å². The van der Waals surface area contributed by atoms with Crippen molar-refractivity contribution < 1.29 is 32.3 Å². The van der Waals surface area contributed by atoms with Crippen LogP contribution in [0.2, 0.25) is 0 Å². The molecule has 4 heterocycles. The third-order valence-electron chi connectivity index (χ3n) is 8.10. The summed E-state index contributed by atoms with van der Waals surface area (Å²) in [6.07, 6.45) is -1.70. The van der Waals surface area contributed by atoms with Gasteiger partial charge in [-0.25, -0.2) is 4.79 Å². The van der Waals surface area contributed by atoms with Crippen molar-refractivity contribution >= 4 is 35.3 Å². The maximum absolute atomic E-state index is 14.4. The number of halogens is 3. The molecular formula is C30H30F3N5O4S. The molecule has 0 spiro atoms. The van der Waals surface area contributed by atoms with Gasteiger partial charge in [-0.3, -0.25) is 14.5 Å². The van der Waals surface area contributed by atoms with Crippen molar-refractivity contribution in [1.29, 1.82) is 0 Å². The number of ether oxygens (including phenoxy) is 1. The minimum atomic E-state index is -4.76. The number of piperidine rings is 2. The molecule has 0 radical (unpaired) electrons. The van der Waals surface area contributed by atoms with Crippen molar-refractivity contribution in [3.63, 3.8) is 0 Å². The summed E-state index contributed by atoms with van der Waals surface area (Å²) in [6.45, 7) is 4.92. The molecule has 4 aliphatic rings. The van der Waals surface area contributed by atoms with Crippen molar-refractivity contribution in [2.45, 2.75) is 42.9 Å². The lowest BCUT2D eigenvalue weighted by molar-refractivity contribution is -0.137. The summed E-state index contributed by atoms with van der Waals surface area (Å²) in [6, 6.07) is 10.5. The number of hydrogen-bond donors (Lipinski definition) is 3. The molecule has 3 fully saturated rings. The Bertz CT molecular complexity index is 1480. The van der Waals surface area contributed by atoms with Crippen LogP contribution in [0.15, 0.2) is 71.8 Å². The molecule has 4 amide bonds. The van der Waals surface area contributed by atoms with E-state index in [9.17, 15) is 27.6 Å². The molecule has 226 valence electrons. The lowest BCUT2D eigenvalue weighted by Crippen LogP contribution is -2.62. The van der Waals surface area contributed by atoms with Crippen molar-refractivity contribution in [2.24, 2.45) is 5.92 Å². The molecule has 9 nitrogen and oxygen atoms in total. The summed E-state index contributed by atoms with van der Waals surface area (Å²) in [4.78, 5) is 42.3. The lowest BCUT2D eigenvalue weighted by Gasteiger charge is -2.46. The van der Waals surface area contributed by atoms with Gasteiger partial charge in [0.05, 0.1) is 27.6 Å². The first kappa shape index (κ1) is 29.1. The van der Waals surface area contributed by atoms with Crippen LogP contribution >= 0.6 is 11.8 Å². The molecule has 43 heavy (non-hydrogen) atoms. The first-order chi connectivity index (χ1) is 20.6. The van der Waals surface area contributed by atoms with Gasteiger partial charge in [-0.2, -0.15) is 13.2 Å². The molecule has 0 aromatic heterocycles. The number of nitrogens with zero attached hydrogens (tertiary/aromatic N) is 2. The molecule has 2 aromatic carbocycles. The smallest absolute Gasteiger partial charge is 0.418 e. The average Bonchev–Trinajstić information content (AvgIpc) is 3.37. The van der Waals surface area contributed by atoms with Gasteiger partial charge in [0.2, 0.25) is 5.91 Å². The summed E-state index contributed by atoms with van der Waals surface area (Å²) < 4.78 is 48.9. The predicted octanol–water partition coefficient (Wildman–Crippen LogP) is 4.58. The van der Waals surface area contributed by atoms with Crippen LogP contribution in [-0.2, 0) is 15.8 Å². The maximum atomic E-state index is 14.4. The Kier molecular flexibility index (Phi) is 7.86. The fourth-order valence-corrected chi connectivity index (χ4v) is 7.62. The van der Waals surface area contributed by atoms with Crippen molar-refractivity contribution in [2.75, 3.05) is 24.5 Å². The monoisotopic (exact) mass is 613 g/mol. The van der Waals surface area contributed by atoms with Gasteiger partial charge in [0.15, 0.2) is 0 Å².